The molecule has 0 aliphatic carbocycles. The maximum Gasteiger partial charge on any atom is 0.419 e. The van der Waals surface area contributed by atoms with E-state index in [-0.39, 0.29) is 10.5 Å². The second-order valence-electron chi connectivity index (χ2n) is 6.05. The Labute approximate surface area is 146 Å². The summed E-state index contributed by atoms with van der Waals surface area (Å²) in [4.78, 5) is 11.9. The van der Waals surface area contributed by atoms with Gasteiger partial charge in [0.15, 0.2) is 5.58 Å². The fraction of sp³-hybridized carbons (Fsp3) is 0.278. The Morgan fingerprint density at radius 1 is 1.12 bits per heavy atom. The van der Waals surface area contributed by atoms with Crippen molar-refractivity contribution in [1.29, 1.82) is 0 Å². The SMILES string of the molecule is CCn1c(=O)oc2cc(S(=O)(=O)Nc3cccc(C)c3C)c(C)cc21. The molecule has 3 aromatic rings. The van der Waals surface area contributed by atoms with Crippen LogP contribution < -0.4 is 10.5 Å². The van der Waals surface area contributed by atoms with Gasteiger partial charge in [-0.05, 0) is 56.5 Å². The van der Waals surface area contributed by atoms with Gasteiger partial charge in [0.1, 0.15) is 0 Å². The van der Waals surface area contributed by atoms with E-state index in [2.05, 4.69) is 4.72 Å². The number of aromatic nitrogens is 1. The molecule has 7 heteroatoms. The van der Waals surface area contributed by atoms with Crippen molar-refractivity contribution in [3.05, 3.63) is 57.6 Å². The summed E-state index contributed by atoms with van der Waals surface area (Å²) in [5.41, 5.74) is 3.81. The number of hydrogen-bond acceptors (Lipinski definition) is 4. The van der Waals surface area contributed by atoms with Crippen LogP contribution in [0.3, 0.4) is 0 Å². The van der Waals surface area contributed by atoms with Crippen LogP contribution in [0.25, 0.3) is 11.1 Å². The van der Waals surface area contributed by atoms with Gasteiger partial charge >= 0.3 is 5.76 Å². The van der Waals surface area contributed by atoms with Crippen LogP contribution in [0.2, 0.25) is 0 Å². The van der Waals surface area contributed by atoms with Crippen molar-refractivity contribution in [3.63, 3.8) is 0 Å². The van der Waals surface area contributed by atoms with E-state index in [0.717, 1.165) is 11.1 Å². The third kappa shape index (κ3) is 2.95. The topological polar surface area (TPSA) is 81.3 Å². The summed E-state index contributed by atoms with van der Waals surface area (Å²) in [6.07, 6.45) is 0. The lowest BCUT2D eigenvalue weighted by Crippen LogP contribution is -2.15. The van der Waals surface area contributed by atoms with Crippen LogP contribution in [0.5, 0.6) is 0 Å². The Morgan fingerprint density at radius 2 is 1.84 bits per heavy atom. The number of benzene rings is 2. The molecule has 3 rings (SSSR count). The number of anilines is 1. The second-order valence-corrected chi connectivity index (χ2v) is 7.70. The second kappa shape index (κ2) is 6.07. The summed E-state index contributed by atoms with van der Waals surface area (Å²) in [5.74, 6) is -0.492. The number of oxazole rings is 1. The van der Waals surface area contributed by atoms with Crippen LogP contribution >= 0.6 is 0 Å². The summed E-state index contributed by atoms with van der Waals surface area (Å²) in [5, 5.41) is 0. The fourth-order valence-electron chi connectivity index (χ4n) is 2.84. The van der Waals surface area contributed by atoms with Gasteiger partial charge in [0.25, 0.3) is 10.0 Å². The lowest BCUT2D eigenvalue weighted by atomic mass is 10.1. The lowest BCUT2D eigenvalue weighted by Gasteiger charge is -2.13. The highest BCUT2D eigenvalue weighted by molar-refractivity contribution is 7.92. The molecule has 0 unspecified atom stereocenters. The zero-order valence-corrected chi connectivity index (χ0v) is 15.4. The molecule has 0 saturated carbocycles. The Bertz CT molecular complexity index is 1120. The van der Waals surface area contributed by atoms with E-state index in [1.54, 1.807) is 25.1 Å². The van der Waals surface area contributed by atoms with Crippen molar-refractivity contribution >= 4 is 26.8 Å². The molecule has 25 heavy (non-hydrogen) atoms. The van der Waals surface area contributed by atoms with Gasteiger partial charge in [0, 0.05) is 12.6 Å². The predicted molar refractivity (Wildman–Crippen MR) is 97.6 cm³/mol. The molecule has 0 aliphatic rings. The zero-order chi connectivity index (χ0) is 18.4. The van der Waals surface area contributed by atoms with Crippen LogP contribution in [0, 0.1) is 20.8 Å². The normalized spacial score (nSPS) is 11.8. The summed E-state index contributed by atoms with van der Waals surface area (Å²) >= 11 is 0. The van der Waals surface area contributed by atoms with E-state index in [4.69, 9.17) is 4.42 Å². The van der Waals surface area contributed by atoms with E-state index in [9.17, 15) is 13.2 Å². The molecule has 0 bridgehead atoms. The number of nitrogens with one attached hydrogen (secondary N) is 1. The summed E-state index contributed by atoms with van der Waals surface area (Å²) in [6.45, 7) is 7.78. The smallest absolute Gasteiger partial charge is 0.408 e. The number of fused-ring (bicyclic) bond motifs is 1. The highest BCUT2D eigenvalue weighted by Gasteiger charge is 2.21. The van der Waals surface area contributed by atoms with E-state index in [0.29, 0.717) is 23.3 Å². The molecule has 0 radical (unpaired) electrons. The molecular weight excluding hydrogens is 340 g/mol. The van der Waals surface area contributed by atoms with Gasteiger partial charge < -0.3 is 4.42 Å². The Kier molecular flexibility index (Phi) is 4.20. The van der Waals surface area contributed by atoms with Crippen LogP contribution in [-0.2, 0) is 16.6 Å². The van der Waals surface area contributed by atoms with Crippen molar-refractivity contribution in [3.8, 4) is 0 Å². The van der Waals surface area contributed by atoms with Crippen LogP contribution in [0.1, 0.15) is 23.6 Å². The van der Waals surface area contributed by atoms with Crippen molar-refractivity contribution in [2.45, 2.75) is 39.1 Å². The lowest BCUT2D eigenvalue weighted by molar-refractivity contribution is 0.512. The van der Waals surface area contributed by atoms with Crippen LogP contribution in [0.15, 0.2) is 44.4 Å². The molecule has 1 aromatic heterocycles. The minimum Gasteiger partial charge on any atom is -0.408 e. The summed E-state index contributed by atoms with van der Waals surface area (Å²) in [6, 6.07) is 8.53. The quantitative estimate of drug-likeness (QED) is 0.774. The molecular formula is C18H20N2O4S. The first-order valence-electron chi connectivity index (χ1n) is 7.97. The van der Waals surface area contributed by atoms with Gasteiger partial charge in [-0.15, -0.1) is 0 Å². The fourth-order valence-corrected chi connectivity index (χ4v) is 4.21. The number of aryl methyl sites for hydroxylation is 3. The zero-order valence-electron chi connectivity index (χ0n) is 14.6. The molecule has 1 heterocycles. The molecule has 0 amide bonds. The average molecular weight is 360 g/mol. The Hall–Kier alpha value is -2.54. The minimum atomic E-state index is -3.81. The molecule has 132 valence electrons. The Morgan fingerprint density at radius 3 is 2.52 bits per heavy atom. The highest BCUT2D eigenvalue weighted by Crippen LogP contribution is 2.26. The summed E-state index contributed by atoms with van der Waals surface area (Å²) in [7, 11) is -3.81. The first-order chi connectivity index (χ1) is 11.7. The molecule has 6 nitrogen and oxygen atoms in total. The van der Waals surface area contributed by atoms with Gasteiger partial charge in [-0.1, -0.05) is 12.1 Å². The standard InChI is InChI=1S/C18H20N2O4S/c1-5-20-15-9-12(3)17(10-16(15)24-18(20)21)25(22,23)19-14-8-6-7-11(2)13(14)4/h6-10,19H,5H2,1-4H3. The first kappa shape index (κ1) is 17.3. The van der Waals surface area contributed by atoms with Gasteiger partial charge in [-0.3, -0.25) is 9.29 Å². The van der Waals surface area contributed by atoms with E-state index in [1.165, 1.54) is 10.6 Å². The largest absolute Gasteiger partial charge is 0.419 e. The van der Waals surface area contributed by atoms with Crippen LogP contribution in [0.4, 0.5) is 5.69 Å². The van der Waals surface area contributed by atoms with E-state index < -0.39 is 15.8 Å². The predicted octanol–water partition coefficient (Wildman–Crippen LogP) is 3.34. The highest BCUT2D eigenvalue weighted by atomic mass is 32.2. The molecule has 0 saturated heterocycles. The molecule has 1 N–H and O–H groups in total. The van der Waals surface area contributed by atoms with Gasteiger partial charge in [-0.25, -0.2) is 13.2 Å². The van der Waals surface area contributed by atoms with Gasteiger partial charge in [-0.2, -0.15) is 0 Å². The maximum absolute atomic E-state index is 12.9. The van der Waals surface area contributed by atoms with Crippen molar-refractivity contribution < 1.29 is 12.8 Å². The van der Waals surface area contributed by atoms with E-state index >= 15 is 0 Å². The molecule has 2 aromatic carbocycles. The van der Waals surface area contributed by atoms with Gasteiger partial charge in [0.2, 0.25) is 0 Å². The maximum atomic E-state index is 12.9. The first-order valence-corrected chi connectivity index (χ1v) is 9.46. The summed E-state index contributed by atoms with van der Waals surface area (Å²) < 4.78 is 35.0. The Balaban J connectivity index is 2.12. The van der Waals surface area contributed by atoms with E-state index in [1.807, 2.05) is 26.8 Å². The molecule has 0 fully saturated rings. The number of sulfonamides is 1. The third-order valence-electron chi connectivity index (χ3n) is 4.42. The molecule has 0 atom stereocenters. The monoisotopic (exact) mass is 360 g/mol. The van der Waals surface area contributed by atoms with Crippen molar-refractivity contribution in [2.24, 2.45) is 0 Å². The number of hydrogen-bond donors (Lipinski definition) is 1. The average Bonchev–Trinajstić information content (AvgIpc) is 2.85. The third-order valence-corrected chi connectivity index (χ3v) is 5.93. The molecule has 0 aliphatic heterocycles. The van der Waals surface area contributed by atoms with Gasteiger partial charge in [0.05, 0.1) is 16.1 Å². The van der Waals surface area contributed by atoms with Crippen molar-refractivity contribution in [2.75, 3.05) is 4.72 Å². The number of rotatable bonds is 4. The molecule has 0 spiro atoms. The number of nitrogens with zero attached hydrogens (tertiary/aromatic N) is 1. The van der Waals surface area contributed by atoms with Crippen LogP contribution in [-0.4, -0.2) is 13.0 Å². The van der Waals surface area contributed by atoms with Crippen molar-refractivity contribution in [1.82, 2.24) is 4.57 Å². The minimum absolute atomic E-state index is 0.0953.